The molecule has 0 saturated heterocycles. The second-order valence-electron chi connectivity index (χ2n) is 4.28. The van der Waals surface area contributed by atoms with Crippen LogP contribution >= 0.6 is 0 Å². The van der Waals surface area contributed by atoms with Gasteiger partial charge >= 0.3 is 0 Å². The molecule has 1 heterocycles. The molecule has 0 aliphatic carbocycles. The van der Waals surface area contributed by atoms with Gasteiger partial charge in [0.05, 0.1) is 6.10 Å². The highest BCUT2D eigenvalue weighted by Gasteiger charge is 2.12. The van der Waals surface area contributed by atoms with Crippen LogP contribution in [-0.4, -0.2) is 34.3 Å². The quantitative estimate of drug-likeness (QED) is 0.703. The molecule has 1 aromatic heterocycles. The fraction of sp³-hybridized carbons (Fsp3) is 0.667. The number of aliphatic hydroxyl groups excluding tert-OH is 1. The minimum absolute atomic E-state index is 0.180. The first-order valence-corrected chi connectivity index (χ1v) is 6.04. The van der Waals surface area contributed by atoms with Crippen molar-refractivity contribution < 1.29 is 5.11 Å². The molecule has 0 bridgehead atoms. The lowest BCUT2D eigenvalue weighted by molar-refractivity contribution is 0.179. The lowest BCUT2D eigenvalue weighted by Crippen LogP contribution is -2.22. The molecule has 2 atom stereocenters. The third kappa shape index (κ3) is 3.85. The first-order valence-electron chi connectivity index (χ1n) is 6.04. The Morgan fingerprint density at radius 2 is 1.94 bits per heavy atom. The second-order valence-corrected chi connectivity index (χ2v) is 4.28. The minimum atomic E-state index is -0.312. The maximum absolute atomic E-state index is 9.34. The zero-order valence-electron chi connectivity index (χ0n) is 11.0. The Balaban J connectivity index is 2.83. The Kier molecular flexibility index (Phi) is 5.15. The summed E-state index contributed by atoms with van der Waals surface area (Å²) in [7, 11) is 1.85. The van der Waals surface area contributed by atoms with E-state index in [2.05, 4.69) is 27.5 Å². The Hall–Kier alpha value is -1.36. The van der Waals surface area contributed by atoms with Crippen molar-refractivity contribution in [3.63, 3.8) is 0 Å². The topological polar surface area (TPSA) is 70.1 Å². The fourth-order valence-electron chi connectivity index (χ4n) is 1.89. The molecule has 0 aliphatic heterocycles. The van der Waals surface area contributed by atoms with E-state index in [4.69, 9.17) is 0 Å². The van der Waals surface area contributed by atoms with Crippen LogP contribution in [-0.2, 0) is 6.42 Å². The summed E-state index contributed by atoms with van der Waals surface area (Å²) in [6.07, 6.45) is 2.79. The molecule has 1 aromatic rings. The molecule has 5 heteroatoms. The number of anilines is 2. The van der Waals surface area contributed by atoms with E-state index in [1.54, 1.807) is 13.3 Å². The van der Waals surface area contributed by atoms with Gasteiger partial charge in [-0.3, -0.25) is 0 Å². The summed E-state index contributed by atoms with van der Waals surface area (Å²) in [5.41, 5.74) is 1.08. The Morgan fingerprint density at radius 3 is 2.47 bits per heavy atom. The van der Waals surface area contributed by atoms with Gasteiger partial charge in [0.2, 0.25) is 0 Å². The van der Waals surface area contributed by atoms with Gasteiger partial charge in [-0.25, -0.2) is 9.97 Å². The molecule has 0 saturated carbocycles. The summed E-state index contributed by atoms with van der Waals surface area (Å²) in [6, 6.07) is 0.180. The van der Waals surface area contributed by atoms with Crippen LogP contribution in [0.15, 0.2) is 6.33 Å². The van der Waals surface area contributed by atoms with Crippen LogP contribution in [0.5, 0.6) is 0 Å². The van der Waals surface area contributed by atoms with E-state index >= 15 is 0 Å². The average molecular weight is 238 g/mol. The highest BCUT2D eigenvalue weighted by Crippen LogP contribution is 2.21. The first-order chi connectivity index (χ1) is 8.08. The van der Waals surface area contributed by atoms with E-state index in [0.717, 1.165) is 23.6 Å². The number of nitrogens with zero attached hydrogens (tertiary/aromatic N) is 2. The summed E-state index contributed by atoms with van der Waals surface area (Å²) >= 11 is 0. The third-order valence-corrected chi connectivity index (χ3v) is 2.61. The summed E-state index contributed by atoms with van der Waals surface area (Å²) in [6.45, 7) is 5.90. The van der Waals surface area contributed by atoms with Crippen molar-refractivity contribution in [1.29, 1.82) is 0 Å². The Bertz CT molecular complexity index is 354. The number of hydrogen-bond acceptors (Lipinski definition) is 5. The SMILES string of the molecule is CCc1c(NC)ncnc1NC(C)CC(C)O. The monoisotopic (exact) mass is 238 g/mol. The molecule has 1 rings (SSSR count). The van der Waals surface area contributed by atoms with Crippen molar-refractivity contribution in [2.45, 2.75) is 45.8 Å². The molecule has 0 fully saturated rings. The van der Waals surface area contributed by atoms with Crippen LogP contribution < -0.4 is 10.6 Å². The van der Waals surface area contributed by atoms with Crippen molar-refractivity contribution in [1.82, 2.24) is 9.97 Å². The molecule has 96 valence electrons. The van der Waals surface area contributed by atoms with Gasteiger partial charge in [-0.15, -0.1) is 0 Å². The van der Waals surface area contributed by atoms with Crippen molar-refractivity contribution in [2.75, 3.05) is 17.7 Å². The van der Waals surface area contributed by atoms with E-state index in [0.29, 0.717) is 6.42 Å². The number of hydrogen-bond donors (Lipinski definition) is 3. The van der Waals surface area contributed by atoms with Gasteiger partial charge in [0, 0.05) is 18.7 Å². The molecule has 0 spiro atoms. The third-order valence-electron chi connectivity index (χ3n) is 2.61. The average Bonchev–Trinajstić information content (AvgIpc) is 2.27. The van der Waals surface area contributed by atoms with Crippen molar-refractivity contribution in [3.05, 3.63) is 11.9 Å². The summed E-state index contributed by atoms with van der Waals surface area (Å²) in [5, 5.41) is 15.7. The van der Waals surface area contributed by atoms with Gasteiger partial charge in [0.25, 0.3) is 0 Å². The molecule has 0 aromatic carbocycles. The number of rotatable bonds is 6. The lowest BCUT2D eigenvalue weighted by atomic mass is 10.1. The van der Waals surface area contributed by atoms with Gasteiger partial charge in [-0.05, 0) is 26.7 Å². The van der Waals surface area contributed by atoms with E-state index in [1.165, 1.54) is 0 Å². The predicted octanol–water partition coefficient (Wildman–Crippen LogP) is 1.65. The van der Waals surface area contributed by atoms with Gasteiger partial charge < -0.3 is 15.7 Å². The van der Waals surface area contributed by atoms with Gasteiger partial charge in [0.1, 0.15) is 18.0 Å². The second kappa shape index (κ2) is 6.39. The van der Waals surface area contributed by atoms with Crippen LogP contribution in [0.25, 0.3) is 0 Å². The molecule has 2 unspecified atom stereocenters. The van der Waals surface area contributed by atoms with Crippen molar-refractivity contribution in [2.24, 2.45) is 0 Å². The summed E-state index contributed by atoms with van der Waals surface area (Å²) in [5.74, 6) is 1.70. The van der Waals surface area contributed by atoms with Gasteiger partial charge in [-0.1, -0.05) is 6.92 Å². The maximum atomic E-state index is 9.34. The fourth-order valence-corrected chi connectivity index (χ4v) is 1.89. The molecule has 0 radical (unpaired) electrons. The zero-order valence-corrected chi connectivity index (χ0v) is 11.0. The van der Waals surface area contributed by atoms with Crippen LogP contribution in [0.2, 0.25) is 0 Å². The molecule has 3 N–H and O–H groups in total. The van der Waals surface area contributed by atoms with Crippen LogP contribution in [0, 0.1) is 0 Å². The molecular formula is C12H22N4O. The molecule has 5 nitrogen and oxygen atoms in total. The van der Waals surface area contributed by atoms with Gasteiger partial charge in [0.15, 0.2) is 0 Å². The van der Waals surface area contributed by atoms with Crippen LogP contribution in [0.4, 0.5) is 11.6 Å². The Labute approximate surface area is 103 Å². The first kappa shape index (κ1) is 13.7. The highest BCUT2D eigenvalue weighted by atomic mass is 16.3. The highest BCUT2D eigenvalue weighted by molar-refractivity contribution is 5.57. The van der Waals surface area contributed by atoms with E-state index < -0.39 is 0 Å². The molecule has 17 heavy (non-hydrogen) atoms. The Morgan fingerprint density at radius 1 is 1.29 bits per heavy atom. The summed E-state index contributed by atoms with van der Waals surface area (Å²) in [4.78, 5) is 8.45. The van der Waals surface area contributed by atoms with Crippen LogP contribution in [0.3, 0.4) is 0 Å². The van der Waals surface area contributed by atoms with E-state index in [-0.39, 0.29) is 12.1 Å². The van der Waals surface area contributed by atoms with Crippen LogP contribution in [0.1, 0.15) is 32.8 Å². The standard InChI is InChI=1S/C12H22N4O/c1-5-10-11(13-4)14-7-15-12(10)16-8(2)6-9(3)17/h7-9,17H,5-6H2,1-4H3,(H2,13,14,15,16). The minimum Gasteiger partial charge on any atom is -0.393 e. The molecule has 0 amide bonds. The zero-order chi connectivity index (χ0) is 12.8. The predicted molar refractivity (Wildman–Crippen MR) is 70.3 cm³/mol. The van der Waals surface area contributed by atoms with Crippen molar-refractivity contribution >= 4 is 11.6 Å². The maximum Gasteiger partial charge on any atom is 0.134 e. The van der Waals surface area contributed by atoms with E-state index in [9.17, 15) is 5.11 Å². The smallest absolute Gasteiger partial charge is 0.134 e. The summed E-state index contributed by atoms with van der Waals surface area (Å²) < 4.78 is 0. The molecule has 0 aliphatic rings. The number of nitrogens with one attached hydrogen (secondary N) is 2. The largest absolute Gasteiger partial charge is 0.393 e. The van der Waals surface area contributed by atoms with E-state index in [1.807, 2.05) is 14.0 Å². The van der Waals surface area contributed by atoms with Crippen molar-refractivity contribution in [3.8, 4) is 0 Å². The molecular weight excluding hydrogens is 216 g/mol. The number of aliphatic hydroxyl groups is 1. The number of aromatic nitrogens is 2. The normalized spacial score (nSPS) is 14.2. The lowest BCUT2D eigenvalue weighted by Gasteiger charge is -2.19. The van der Waals surface area contributed by atoms with Gasteiger partial charge in [-0.2, -0.15) is 0 Å².